The number of hydrogen-bond donors (Lipinski definition) is 2. The van der Waals surface area contributed by atoms with Crippen LogP contribution in [0.3, 0.4) is 0 Å². The van der Waals surface area contributed by atoms with E-state index in [0.29, 0.717) is 25.6 Å². The maximum Gasteiger partial charge on any atom is 0.322 e. The van der Waals surface area contributed by atoms with Crippen molar-refractivity contribution >= 4 is 23.4 Å². The van der Waals surface area contributed by atoms with Crippen LogP contribution in [0.1, 0.15) is 28.3 Å². The van der Waals surface area contributed by atoms with E-state index in [1.165, 1.54) is 0 Å². The van der Waals surface area contributed by atoms with Gasteiger partial charge in [0.15, 0.2) is 0 Å². The van der Waals surface area contributed by atoms with E-state index in [9.17, 15) is 10.1 Å². The van der Waals surface area contributed by atoms with Crippen LogP contribution in [0.4, 0.5) is 16.2 Å². The van der Waals surface area contributed by atoms with Crippen molar-refractivity contribution in [2.75, 3.05) is 30.3 Å². The summed E-state index contributed by atoms with van der Waals surface area (Å²) in [5.41, 5.74) is 5.97. The van der Waals surface area contributed by atoms with Crippen LogP contribution in [-0.4, -0.2) is 41.4 Å². The lowest BCUT2D eigenvalue weighted by Gasteiger charge is -2.42. The quantitative estimate of drug-likeness (QED) is 0.305. The van der Waals surface area contributed by atoms with E-state index in [1.54, 1.807) is 0 Å². The van der Waals surface area contributed by atoms with E-state index in [2.05, 4.69) is 21.7 Å². The minimum Gasteiger partial charge on any atom is -0.338 e. The highest BCUT2D eigenvalue weighted by atomic mass is 16.2. The Morgan fingerprint density at radius 3 is 2.31 bits per heavy atom. The monoisotopic (exact) mass is 466 g/mol. The Bertz CT molecular complexity index is 1240. The standard InChI is InChI=1S/C28H30N6O/c1-20-15-21(2)17-24(16-20)31-28(35)34-14-13-33(18-26(34)23-10-5-4-6-11-23)27(30-19-29)32-25-12-8-7-9-22(25)3/h4-12,15-17,26H,13-14,18H2,1-3H3,(H,30,32)(H,31,35). The first-order valence-electron chi connectivity index (χ1n) is 11.7. The number of carbonyl (C=O) groups is 1. The lowest BCUT2D eigenvalue weighted by atomic mass is 10.0. The molecule has 0 spiro atoms. The third-order valence-electron chi connectivity index (χ3n) is 6.15. The molecule has 0 aliphatic carbocycles. The number of guanidine groups is 1. The Morgan fingerprint density at radius 1 is 0.943 bits per heavy atom. The van der Waals surface area contributed by atoms with Gasteiger partial charge >= 0.3 is 6.03 Å². The molecule has 1 atom stereocenters. The molecule has 4 rings (SSSR count). The summed E-state index contributed by atoms with van der Waals surface area (Å²) in [6.07, 6.45) is 1.93. The molecule has 7 nitrogen and oxygen atoms in total. The fourth-order valence-corrected chi connectivity index (χ4v) is 4.48. The molecule has 2 amide bonds. The molecular formula is C28H30N6O. The zero-order chi connectivity index (χ0) is 24.8. The van der Waals surface area contributed by atoms with Crippen molar-refractivity contribution in [3.05, 3.63) is 95.1 Å². The summed E-state index contributed by atoms with van der Waals surface area (Å²) < 4.78 is 0. The first kappa shape index (κ1) is 23.8. The second-order valence-electron chi connectivity index (χ2n) is 8.85. The summed E-state index contributed by atoms with van der Waals surface area (Å²) >= 11 is 0. The molecule has 178 valence electrons. The highest BCUT2D eigenvalue weighted by Crippen LogP contribution is 2.27. The van der Waals surface area contributed by atoms with Gasteiger partial charge in [-0.1, -0.05) is 54.6 Å². The average molecular weight is 467 g/mol. The number of aryl methyl sites for hydroxylation is 3. The van der Waals surface area contributed by atoms with E-state index in [1.807, 2.05) is 103 Å². The zero-order valence-electron chi connectivity index (χ0n) is 20.3. The maximum atomic E-state index is 13.4. The van der Waals surface area contributed by atoms with Crippen molar-refractivity contribution in [2.24, 2.45) is 4.99 Å². The Kier molecular flexibility index (Phi) is 7.32. The number of anilines is 2. The number of amides is 2. The first-order chi connectivity index (χ1) is 16.9. The molecule has 1 aliphatic rings. The normalized spacial score (nSPS) is 15.9. The predicted octanol–water partition coefficient (Wildman–Crippen LogP) is 5.45. The van der Waals surface area contributed by atoms with E-state index < -0.39 is 0 Å². The van der Waals surface area contributed by atoms with Gasteiger partial charge in [0.1, 0.15) is 0 Å². The van der Waals surface area contributed by atoms with E-state index in [-0.39, 0.29) is 12.1 Å². The topological polar surface area (TPSA) is 83.8 Å². The van der Waals surface area contributed by atoms with Crippen LogP contribution < -0.4 is 10.6 Å². The number of hydrogen-bond acceptors (Lipinski definition) is 3. The highest BCUT2D eigenvalue weighted by molar-refractivity contribution is 5.95. The number of piperazine rings is 1. The number of nitrogens with one attached hydrogen (secondary N) is 2. The minimum absolute atomic E-state index is 0.144. The molecule has 1 aliphatic heterocycles. The van der Waals surface area contributed by atoms with Crippen molar-refractivity contribution in [3.63, 3.8) is 0 Å². The fourth-order valence-electron chi connectivity index (χ4n) is 4.48. The number of para-hydroxylation sites is 1. The van der Waals surface area contributed by atoms with Crippen molar-refractivity contribution < 1.29 is 4.79 Å². The summed E-state index contributed by atoms with van der Waals surface area (Å²) in [5.74, 6) is 0.483. The van der Waals surface area contributed by atoms with Crippen LogP contribution in [0, 0.1) is 32.2 Å². The number of aliphatic imine (C=N–C) groups is 1. The van der Waals surface area contributed by atoms with Gasteiger partial charge in [0.2, 0.25) is 12.2 Å². The van der Waals surface area contributed by atoms with Gasteiger partial charge in [-0.05, 0) is 61.2 Å². The summed E-state index contributed by atoms with van der Waals surface area (Å²) in [5, 5.41) is 15.8. The van der Waals surface area contributed by atoms with Crippen molar-refractivity contribution in [3.8, 4) is 6.19 Å². The Balaban J connectivity index is 1.59. The summed E-state index contributed by atoms with van der Waals surface area (Å²) in [7, 11) is 0. The Hall–Kier alpha value is -4.31. The molecule has 35 heavy (non-hydrogen) atoms. The molecule has 7 heteroatoms. The van der Waals surface area contributed by atoms with Crippen LogP contribution in [0.25, 0.3) is 0 Å². The fraction of sp³-hybridized carbons (Fsp3) is 0.250. The third kappa shape index (κ3) is 5.79. The van der Waals surface area contributed by atoms with Crippen molar-refractivity contribution in [1.29, 1.82) is 5.26 Å². The SMILES string of the molecule is Cc1cc(C)cc(NC(=O)N2CCN(/C(=N\C#N)Nc3ccccc3C)CC2c2ccccc2)c1. The molecule has 3 aromatic rings. The lowest BCUT2D eigenvalue weighted by molar-refractivity contribution is 0.136. The number of carbonyl (C=O) groups excluding carboxylic acids is 1. The molecule has 0 aromatic heterocycles. The Labute approximate surface area is 206 Å². The van der Waals surface area contributed by atoms with Gasteiger partial charge in [-0.2, -0.15) is 5.26 Å². The van der Waals surface area contributed by atoms with Gasteiger partial charge in [0, 0.05) is 31.0 Å². The minimum atomic E-state index is -0.210. The molecule has 2 N–H and O–H groups in total. The molecule has 0 radical (unpaired) electrons. The van der Waals surface area contributed by atoms with Crippen LogP contribution in [0.5, 0.6) is 0 Å². The molecule has 0 saturated carbocycles. The van der Waals surface area contributed by atoms with E-state index in [4.69, 9.17) is 0 Å². The highest BCUT2D eigenvalue weighted by Gasteiger charge is 2.33. The number of benzene rings is 3. The van der Waals surface area contributed by atoms with Crippen LogP contribution in [-0.2, 0) is 0 Å². The first-order valence-corrected chi connectivity index (χ1v) is 11.7. The van der Waals surface area contributed by atoms with E-state index in [0.717, 1.165) is 33.6 Å². The average Bonchev–Trinajstić information content (AvgIpc) is 2.84. The second-order valence-corrected chi connectivity index (χ2v) is 8.85. The number of nitrogens with zero attached hydrogens (tertiary/aromatic N) is 4. The van der Waals surface area contributed by atoms with Gasteiger partial charge in [-0.3, -0.25) is 0 Å². The van der Waals surface area contributed by atoms with Crippen LogP contribution in [0.15, 0.2) is 77.8 Å². The molecule has 0 bridgehead atoms. The second kappa shape index (κ2) is 10.7. The number of urea groups is 1. The largest absolute Gasteiger partial charge is 0.338 e. The smallest absolute Gasteiger partial charge is 0.322 e. The maximum absolute atomic E-state index is 13.4. The van der Waals surface area contributed by atoms with Crippen molar-refractivity contribution in [2.45, 2.75) is 26.8 Å². The molecule has 1 unspecified atom stereocenters. The van der Waals surface area contributed by atoms with Gasteiger partial charge in [0.25, 0.3) is 0 Å². The Morgan fingerprint density at radius 2 is 1.63 bits per heavy atom. The zero-order valence-corrected chi connectivity index (χ0v) is 20.3. The molecule has 1 saturated heterocycles. The molecular weight excluding hydrogens is 436 g/mol. The summed E-state index contributed by atoms with van der Waals surface area (Å²) in [6, 6.07) is 23.5. The predicted molar refractivity (Wildman–Crippen MR) is 140 cm³/mol. The van der Waals surface area contributed by atoms with Gasteiger partial charge in [0.05, 0.1) is 6.04 Å². The number of nitriles is 1. The van der Waals surface area contributed by atoms with E-state index >= 15 is 0 Å². The lowest BCUT2D eigenvalue weighted by Crippen LogP contribution is -2.54. The van der Waals surface area contributed by atoms with Crippen molar-refractivity contribution in [1.82, 2.24) is 9.80 Å². The van der Waals surface area contributed by atoms with Crippen LogP contribution >= 0.6 is 0 Å². The van der Waals surface area contributed by atoms with Gasteiger partial charge in [-0.25, -0.2) is 4.79 Å². The van der Waals surface area contributed by atoms with Gasteiger partial charge < -0.3 is 20.4 Å². The molecule has 1 fully saturated rings. The third-order valence-corrected chi connectivity index (χ3v) is 6.15. The molecule has 1 heterocycles. The molecule has 3 aromatic carbocycles. The van der Waals surface area contributed by atoms with Gasteiger partial charge in [-0.15, -0.1) is 4.99 Å². The number of rotatable bonds is 3. The summed E-state index contributed by atoms with van der Waals surface area (Å²) in [4.78, 5) is 21.4. The van der Waals surface area contributed by atoms with Crippen LogP contribution in [0.2, 0.25) is 0 Å². The summed E-state index contributed by atoms with van der Waals surface area (Å²) in [6.45, 7) is 7.58.